The Morgan fingerprint density at radius 2 is 1.75 bits per heavy atom. The molecule has 0 spiro atoms. The van der Waals surface area contributed by atoms with Crippen LogP contribution in [0.4, 0.5) is 0 Å². The number of carboxylic acids is 1. The molecule has 0 radical (unpaired) electrons. The van der Waals surface area contributed by atoms with Crippen molar-refractivity contribution >= 4 is 19.3 Å². The van der Waals surface area contributed by atoms with E-state index in [0.717, 1.165) is 0 Å². The number of carbonyl (C=O) groups excluding carboxylic acids is 1. The van der Waals surface area contributed by atoms with Crippen molar-refractivity contribution in [2.24, 2.45) is 0 Å². The van der Waals surface area contributed by atoms with Crippen molar-refractivity contribution in [2.45, 2.75) is 12.8 Å². The van der Waals surface area contributed by atoms with Gasteiger partial charge in [-0.3, -0.25) is 9.36 Å². The Balaban J connectivity index is 3.65. The molecule has 70 valence electrons. The number of ketones is 1. The van der Waals surface area contributed by atoms with E-state index in [4.69, 9.17) is 14.9 Å². The molecular weight excluding hydrogens is 187 g/mol. The van der Waals surface area contributed by atoms with Gasteiger partial charge in [0.2, 0.25) is 5.78 Å². The van der Waals surface area contributed by atoms with Crippen molar-refractivity contribution in [2.75, 3.05) is 6.16 Å². The molecule has 12 heavy (non-hydrogen) atoms. The predicted molar refractivity (Wildman–Crippen MR) is 38.8 cm³/mol. The van der Waals surface area contributed by atoms with Crippen LogP contribution in [0.1, 0.15) is 12.8 Å². The number of carbonyl (C=O) groups is 2. The number of hydrogen-bond acceptors (Lipinski definition) is 3. The van der Waals surface area contributed by atoms with Gasteiger partial charge in [-0.25, -0.2) is 4.79 Å². The molecule has 0 aliphatic heterocycles. The summed E-state index contributed by atoms with van der Waals surface area (Å²) in [5.74, 6) is -2.59. The maximum atomic E-state index is 10.4. The van der Waals surface area contributed by atoms with Gasteiger partial charge in [0.05, 0.1) is 6.16 Å². The first kappa shape index (κ1) is 11.3. The van der Waals surface area contributed by atoms with E-state index in [9.17, 15) is 14.2 Å². The Bertz CT molecular complexity index is 228. The van der Waals surface area contributed by atoms with Gasteiger partial charge in [0.25, 0.3) is 0 Å². The average Bonchev–Trinajstić information content (AvgIpc) is 1.84. The summed E-state index contributed by atoms with van der Waals surface area (Å²) in [4.78, 5) is 36.9. The summed E-state index contributed by atoms with van der Waals surface area (Å²) in [6.07, 6.45) is -0.887. The molecule has 0 aliphatic rings. The van der Waals surface area contributed by atoms with E-state index in [1.807, 2.05) is 0 Å². The van der Waals surface area contributed by atoms with E-state index < -0.39 is 25.5 Å². The number of rotatable bonds is 5. The van der Waals surface area contributed by atoms with Crippen LogP contribution in [-0.4, -0.2) is 32.8 Å². The monoisotopic (exact) mass is 196 g/mol. The lowest BCUT2D eigenvalue weighted by Crippen LogP contribution is -2.12. The quantitative estimate of drug-likeness (QED) is 0.407. The second-order valence-corrected chi connectivity index (χ2v) is 4.00. The first-order chi connectivity index (χ1) is 5.33. The van der Waals surface area contributed by atoms with Gasteiger partial charge in [-0.05, 0) is 6.42 Å². The second kappa shape index (κ2) is 4.35. The van der Waals surface area contributed by atoms with E-state index >= 15 is 0 Å². The molecule has 0 rings (SSSR count). The number of Topliss-reactive ketones (excluding diaryl/α,β-unsaturated/α-hetero) is 1. The number of carboxylic acid groups (broad SMARTS) is 1. The van der Waals surface area contributed by atoms with Crippen LogP contribution in [0.3, 0.4) is 0 Å². The Kier molecular flexibility index (Phi) is 4.09. The Hall–Kier alpha value is -0.710. The molecule has 3 N–H and O–H groups in total. The van der Waals surface area contributed by atoms with E-state index in [2.05, 4.69) is 0 Å². The number of hydrogen-bond donors (Lipinski definition) is 3. The van der Waals surface area contributed by atoms with Crippen molar-refractivity contribution < 1.29 is 29.0 Å². The van der Waals surface area contributed by atoms with Crippen molar-refractivity contribution in [1.82, 2.24) is 0 Å². The summed E-state index contributed by atoms with van der Waals surface area (Å²) in [5.41, 5.74) is 0. The standard InChI is InChI=1S/C5H9O6P/c6-4(5(7)8)2-1-3-12(9,10)11/h1-3H2,(H,7,8)(H2,9,10,11). The topological polar surface area (TPSA) is 112 Å². The maximum Gasteiger partial charge on any atom is 0.372 e. The molecule has 0 unspecified atom stereocenters. The summed E-state index contributed by atoms with van der Waals surface area (Å²) in [6, 6.07) is 0. The van der Waals surface area contributed by atoms with Gasteiger partial charge in [-0.15, -0.1) is 0 Å². The lowest BCUT2D eigenvalue weighted by Gasteiger charge is -2.00. The third-order valence-electron chi connectivity index (χ3n) is 1.09. The summed E-state index contributed by atoms with van der Waals surface area (Å²) < 4.78 is 10.2. The Morgan fingerprint density at radius 1 is 1.25 bits per heavy atom. The molecule has 0 aromatic rings. The Labute approximate surface area is 68.4 Å². The fraction of sp³-hybridized carbons (Fsp3) is 0.600. The molecule has 0 atom stereocenters. The first-order valence-electron chi connectivity index (χ1n) is 3.13. The summed E-state index contributed by atoms with van der Waals surface area (Å²) in [5, 5.41) is 8.07. The average molecular weight is 196 g/mol. The highest BCUT2D eigenvalue weighted by molar-refractivity contribution is 7.51. The Morgan fingerprint density at radius 3 is 2.08 bits per heavy atom. The highest BCUT2D eigenvalue weighted by Crippen LogP contribution is 2.35. The molecule has 0 aromatic heterocycles. The minimum absolute atomic E-state index is 0.102. The molecule has 0 aliphatic carbocycles. The van der Waals surface area contributed by atoms with Crippen molar-refractivity contribution in [1.29, 1.82) is 0 Å². The lowest BCUT2D eigenvalue weighted by molar-refractivity contribution is -0.149. The van der Waals surface area contributed by atoms with Gasteiger partial charge < -0.3 is 14.9 Å². The zero-order chi connectivity index (χ0) is 9.78. The van der Waals surface area contributed by atoms with E-state index in [0.29, 0.717) is 0 Å². The van der Waals surface area contributed by atoms with Crippen LogP contribution in [0, 0.1) is 0 Å². The van der Waals surface area contributed by atoms with Crippen molar-refractivity contribution in [3.63, 3.8) is 0 Å². The molecule has 7 heteroatoms. The minimum atomic E-state index is -4.10. The normalized spacial score (nSPS) is 11.2. The van der Waals surface area contributed by atoms with Crippen LogP contribution in [-0.2, 0) is 14.2 Å². The minimum Gasteiger partial charge on any atom is -0.476 e. The van der Waals surface area contributed by atoms with E-state index in [1.54, 1.807) is 0 Å². The number of aliphatic carboxylic acids is 1. The fourth-order valence-corrected chi connectivity index (χ4v) is 1.12. The largest absolute Gasteiger partial charge is 0.476 e. The van der Waals surface area contributed by atoms with Crippen LogP contribution in [0.2, 0.25) is 0 Å². The highest BCUT2D eigenvalue weighted by Gasteiger charge is 2.16. The van der Waals surface area contributed by atoms with Crippen LogP contribution in [0.25, 0.3) is 0 Å². The van der Waals surface area contributed by atoms with Crippen LogP contribution in [0.15, 0.2) is 0 Å². The molecule has 0 saturated heterocycles. The third kappa shape index (κ3) is 6.03. The van der Waals surface area contributed by atoms with E-state index in [1.165, 1.54) is 0 Å². The maximum absolute atomic E-state index is 10.4. The zero-order valence-electron chi connectivity index (χ0n) is 6.13. The summed E-state index contributed by atoms with van der Waals surface area (Å²) in [7, 11) is -4.10. The molecule has 0 heterocycles. The molecule has 0 fully saturated rings. The third-order valence-corrected chi connectivity index (χ3v) is 1.99. The fourth-order valence-electron chi connectivity index (χ4n) is 0.553. The zero-order valence-corrected chi connectivity index (χ0v) is 7.03. The first-order valence-corrected chi connectivity index (χ1v) is 4.93. The van der Waals surface area contributed by atoms with Crippen LogP contribution in [0.5, 0.6) is 0 Å². The summed E-state index contributed by atoms with van der Waals surface area (Å²) in [6.45, 7) is 0. The predicted octanol–water partition coefficient (Wildman–Crippen LogP) is -0.402. The van der Waals surface area contributed by atoms with Crippen molar-refractivity contribution in [3.8, 4) is 0 Å². The lowest BCUT2D eigenvalue weighted by atomic mass is 10.2. The second-order valence-electron chi connectivity index (χ2n) is 2.22. The molecule has 0 bridgehead atoms. The summed E-state index contributed by atoms with van der Waals surface area (Å²) >= 11 is 0. The van der Waals surface area contributed by atoms with Gasteiger partial charge in [0.1, 0.15) is 0 Å². The van der Waals surface area contributed by atoms with Crippen LogP contribution < -0.4 is 0 Å². The molecule has 6 nitrogen and oxygen atoms in total. The smallest absolute Gasteiger partial charge is 0.372 e. The highest BCUT2D eigenvalue weighted by atomic mass is 31.2. The van der Waals surface area contributed by atoms with Gasteiger partial charge in [0.15, 0.2) is 0 Å². The van der Waals surface area contributed by atoms with Gasteiger partial charge >= 0.3 is 13.6 Å². The van der Waals surface area contributed by atoms with Gasteiger partial charge in [0, 0.05) is 6.42 Å². The molecule has 0 aromatic carbocycles. The molecular formula is C5H9O6P. The SMILES string of the molecule is O=C(O)C(=O)CCCP(=O)(O)O. The van der Waals surface area contributed by atoms with E-state index in [-0.39, 0.29) is 12.8 Å². The van der Waals surface area contributed by atoms with Gasteiger partial charge in [-0.2, -0.15) is 0 Å². The van der Waals surface area contributed by atoms with Crippen molar-refractivity contribution in [3.05, 3.63) is 0 Å². The molecule has 0 amide bonds. The molecule has 0 saturated carbocycles. The van der Waals surface area contributed by atoms with Gasteiger partial charge in [-0.1, -0.05) is 0 Å². The van der Waals surface area contributed by atoms with Crippen LogP contribution >= 0.6 is 7.60 Å².